The average molecular weight is 467 g/mol. The molecule has 0 bridgehead atoms. The molecule has 26 heavy (non-hydrogen) atoms. The van der Waals surface area contributed by atoms with Gasteiger partial charge in [-0.15, -0.1) is 0 Å². The van der Waals surface area contributed by atoms with Gasteiger partial charge in [0, 0.05) is 14.7 Å². The van der Waals surface area contributed by atoms with Crippen LogP contribution in [0.25, 0.3) is 0 Å². The molecule has 0 spiro atoms. The second-order valence-electron chi connectivity index (χ2n) is 7.46. The van der Waals surface area contributed by atoms with Crippen LogP contribution >= 0.6 is 0 Å². The third kappa shape index (κ3) is 10.6. The van der Waals surface area contributed by atoms with Gasteiger partial charge in [-0.05, 0) is 52.4 Å². The molecular weight excluding hydrogens is 417 g/mol. The summed E-state index contributed by atoms with van der Waals surface area (Å²) in [7, 11) is -0.453. The lowest BCUT2D eigenvalue weighted by Gasteiger charge is -2.36. The summed E-state index contributed by atoms with van der Waals surface area (Å²) in [4.78, 5) is 0. The fourth-order valence-electron chi connectivity index (χ4n) is 3.97. The molecule has 158 valence electrons. The van der Waals surface area contributed by atoms with Crippen LogP contribution in [0, 0.1) is 0 Å². The zero-order valence-corrected chi connectivity index (χ0v) is 27.4. The molecule has 0 saturated heterocycles. The molecule has 0 heterocycles. The van der Waals surface area contributed by atoms with E-state index < -0.39 is 14.7 Å². The molecule has 0 unspecified atom stereocenters. The maximum atomic E-state index is 2.95. The van der Waals surface area contributed by atoms with E-state index in [9.17, 15) is 0 Å². The lowest BCUT2D eigenvalue weighted by molar-refractivity contribution is 0.495. The molecule has 10 heteroatoms. The van der Waals surface area contributed by atoms with Gasteiger partial charge in [0.05, 0.1) is 36.8 Å². The van der Waals surface area contributed by atoms with Crippen LogP contribution in [-0.4, -0.2) is 122 Å². The van der Waals surface area contributed by atoms with Crippen molar-refractivity contribution < 1.29 is 0 Å². The van der Waals surface area contributed by atoms with Crippen LogP contribution in [0.1, 0.15) is 55.4 Å². The average Bonchev–Trinajstić information content (AvgIpc) is 2.69. The molecule has 0 rings (SSSR count). The first-order chi connectivity index (χ1) is 12.5. The van der Waals surface area contributed by atoms with Crippen molar-refractivity contribution in [1.29, 1.82) is 0 Å². The summed E-state index contributed by atoms with van der Waals surface area (Å²) < 4.78 is 11.8. The summed E-state index contributed by atoms with van der Waals surface area (Å²) in [5, 5.41) is 0. The fourth-order valence-corrected chi connectivity index (χ4v) is 97.4. The number of rotatable bonds is 17. The Hall–Kier alpha value is 1.14. The van der Waals surface area contributed by atoms with Gasteiger partial charge in [-0.25, -0.2) is 0 Å². The van der Waals surface area contributed by atoms with Crippen LogP contribution in [0.15, 0.2) is 0 Å². The summed E-state index contributed by atoms with van der Waals surface area (Å²) >= 11 is 0. The van der Waals surface area contributed by atoms with E-state index in [4.69, 9.17) is 0 Å². The molecule has 0 atom stereocenters. The van der Waals surface area contributed by atoms with Crippen LogP contribution in [0.4, 0.5) is 0 Å². The van der Waals surface area contributed by atoms with Gasteiger partial charge in [0.1, 0.15) is 0 Å². The van der Waals surface area contributed by atoms with Crippen molar-refractivity contribution in [2.45, 2.75) is 55.4 Å². The topological polar surface area (TPSA) is 13.0 Å². The first-order valence-corrected chi connectivity index (χ1v) is 29.7. The SMILES string of the molecule is CCN(CC)[SiH2][SiH]([SiH2]N(CC)CC)[SiH]([SiH2]N(CC)CC)[SiH2]N(CC)CC. The van der Waals surface area contributed by atoms with Crippen LogP contribution in [0.2, 0.25) is 0 Å². The molecule has 0 fully saturated rings. The molecule has 0 N–H and O–H groups in total. The molecule has 0 aromatic rings. The quantitative estimate of drug-likeness (QED) is 0.235. The second-order valence-corrected chi connectivity index (χ2v) is 56.4. The molecule has 0 aliphatic rings. The highest BCUT2D eigenvalue weighted by atomic mass is 30.1. The number of nitrogens with zero attached hydrogens (tertiary/aromatic N) is 4. The van der Waals surface area contributed by atoms with Gasteiger partial charge in [0.2, 0.25) is 0 Å². The lowest BCUT2D eigenvalue weighted by atomic mass is 10.7. The van der Waals surface area contributed by atoms with Gasteiger partial charge in [-0.2, -0.15) is 0 Å². The Morgan fingerprint density at radius 1 is 0.385 bits per heavy atom. The highest BCUT2D eigenvalue weighted by molar-refractivity contribution is 7.82. The standard InChI is InChI=1S/C16H50N4Si6/c1-9-17(10-2)21-25(22-18(11-3)12-4)26(23-19(13-5)14-6)24-20(15-7)16-8/h25-26H,9-16,21-24H2,1-8H3. The molecule has 0 aromatic carbocycles. The predicted molar refractivity (Wildman–Crippen MR) is 140 cm³/mol. The number of hydrogen-bond acceptors (Lipinski definition) is 4. The predicted octanol–water partition coefficient (Wildman–Crippen LogP) is -1.79. The minimum atomic E-state index is -0.394. The molecule has 0 aliphatic heterocycles. The Bertz CT molecular complexity index is 255. The van der Waals surface area contributed by atoms with Crippen LogP contribution < -0.4 is 0 Å². The van der Waals surface area contributed by atoms with E-state index in [0.29, 0.717) is 0 Å². The third-order valence-corrected chi connectivity index (χ3v) is 95.8. The van der Waals surface area contributed by atoms with Crippen molar-refractivity contribution in [1.82, 2.24) is 18.3 Å². The van der Waals surface area contributed by atoms with E-state index in [1.807, 2.05) is 0 Å². The van der Waals surface area contributed by atoms with Gasteiger partial charge < -0.3 is 18.3 Å². The summed E-state index contributed by atoms with van der Waals surface area (Å²) in [5.41, 5.74) is 0. The first-order valence-electron chi connectivity index (χ1n) is 11.4. The highest BCUT2D eigenvalue weighted by Gasteiger charge is 2.31. The molecule has 4 nitrogen and oxygen atoms in total. The van der Waals surface area contributed by atoms with Gasteiger partial charge in [-0.1, -0.05) is 55.4 Å². The summed E-state index contributed by atoms with van der Waals surface area (Å²) in [5.74, 6) is 0. The van der Waals surface area contributed by atoms with Crippen molar-refractivity contribution in [2.24, 2.45) is 0 Å². The maximum absolute atomic E-state index is 2.95. The Morgan fingerprint density at radius 3 is 0.654 bits per heavy atom. The minimum absolute atomic E-state index is 0.0839. The monoisotopic (exact) mass is 466 g/mol. The minimum Gasteiger partial charge on any atom is -0.333 e. The summed E-state index contributed by atoms with van der Waals surface area (Å²) in [6.07, 6.45) is 0. The Labute approximate surface area is 177 Å². The highest BCUT2D eigenvalue weighted by Crippen LogP contribution is 2.01. The number of hydrogen-bond donors (Lipinski definition) is 0. The van der Waals surface area contributed by atoms with Gasteiger partial charge in [0.25, 0.3) is 0 Å². The van der Waals surface area contributed by atoms with Crippen molar-refractivity contribution in [2.75, 3.05) is 52.4 Å². The van der Waals surface area contributed by atoms with Crippen LogP contribution in [0.3, 0.4) is 0 Å². The summed E-state index contributed by atoms with van der Waals surface area (Å²) in [6, 6.07) is 0. The van der Waals surface area contributed by atoms with Gasteiger partial charge >= 0.3 is 0 Å². The molecule has 0 amide bonds. The maximum Gasteiger partial charge on any atom is 0.0785 e. The molecule has 0 aromatic heterocycles. The second kappa shape index (κ2) is 17.0. The zero-order chi connectivity index (χ0) is 19.9. The van der Waals surface area contributed by atoms with Crippen molar-refractivity contribution in [3.63, 3.8) is 0 Å². The first kappa shape index (κ1) is 27.1. The van der Waals surface area contributed by atoms with E-state index >= 15 is 0 Å². The Morgan fingerprint density at radius 2 is 0.538 bits per heavy atom. The largest absolute Gasteiger partial charge is 0.333 e. The Kier molecular flexibility index (Phi) is 17.8. The van der Waals surface area contributed by atoms with E-state index in [2.05, 4.69) is 73.7 Å². The normalized spacial score (nSPS) is 16.6. The molecule has 0 aliphatic carbocycles. The lowest BCUT2D eigenvalue weighted by Crippen LogP contribution is -2.66. The zero-order valence-electron chi connectivity index (χ0n) is 19.4. The Balaban J connectivity index is 5.45. The van der Waals surface area contributed by atoms with E-state index in [0.717, 1.165) is 0 Å². The van der Waals surface area contributed by atoms with Crippen molar-refractivity contribution in [3.05, 3.63) is 0 Å². The van der Waals surface area contributed by atoms with Crippen molar-refractivity contribution >= 4 is 51.5 Å². The van der Waals surface area contributed by atoms with E-state index in [-0.39, 0.29) is 36.8 Å². The molecule has 0 saturated carbocycles. The molecule has 0 radical (unpaired) electrons. The fraction of sp³-hybridized carbons (Fsp3) is 1.00. The van der Waals surface area contributed by atoms with Gasteiger partial charge in [-0.3, -0.25) is 0 Å². The van der Waals surface area contributed by atoms with Crippen LogP contribution in [-0.2, 0) is 0 Å². The van der Waals surface area contributed by atoms with Gasteiger partial charge in [0.15, 0.2) is 0 Å². The van der Waals surface area contributed by atoms with Crippen molar-refractivity contribution in [3.8, 4) is 0 Å². The van der Waals surface area contributed by atoms with E-state index in [1.165, 1.54) is 52.4 Å². The summed E-state index contributed by atoms with van der Waals surface area (Å²) in [6.45, 7) is 30.0. The van der Waals surface area contributed by atoms with Crippen LogP contribution in [0.5, 0.6) is 0 Å². The van der Waals surface area contributed by atoms with E-state index in [1.54, 1.807) is 0 Å². The smallest absolute Gasteiger partial charge is 0.0785 e. The third-order valence-electron chi connectivity index (χ3n) is 6.22. The molecular formula is C16H50N4Si6.